The van der Waals surface area contributed by atoms with E-state index in [-0.39, 0.29) is 11.9 Å². The van der Waals surface area contributed by atoms with E-state index in [9.17, 15) is 4.79 Å². The fourth-order valence-corrected chi connectivity index (χ4v) is 3.04. The molecule has 2 aromatic carbocycles. The van der Waals surface area contributed by atoms with Gasteiger partial charge in [-0.2, -0.15) is 0 Å². The van der Waals surface area contributed by atoms with Crippen LogP contribution in [0.4, 0.5) is 0 Å². The summed E-state index contributed by atoms with van der Waals surface area (Å²) in [6, 6.07) is 22.9. The van der Waals surface area contributed by atoms with E-state index in [1.807, 2.05) is 90.3 Å². The average molecular weight is 342 g/mol. The molecule has 2 heterocycles. The van der Waals surface area contributed by atoms with Crippen LogP contribution in [-0.4, -0.2) is 20.5 Å². The molecule has 0 bridgehead atoms. The van der Waals surface area contributed by atoms with Crippen LogP contribution in [0.2, 0.25) is 0 Å². The first-order valence-electron chi connectivity index (χ1n) is 8.49. The summed E-state index contributed by atoms with van der Waals surface area (Å²) in [7, 11) is 0. The van der Waals surface area contributed by atoms with Crippen molar-refractivity contribution in [3.05, 3.63) is 90.4 Å². The van der Waals surface area contributed by atoms with Gasteiger partial charge in [0.05, 0.1) is 6.04 Å². The van der Waals surface area contributed by atoms with Crippen LogP contribution in [0.3, 0.4) is 0 Å². The Kier molecular flexibility index (Phi) is 4.19. The smallest absolute Gasteiger partial charge is 0.252 e. The quantitative estimate of drug-likeness (QED) is 0.612. The summed E-state index contributed by atoms with van der Waals surface area (Å²) in [6.07, 6.45) is 1.89. The maximum absolute atomic E-state index is 12.9. The van der Waals surface area contributed by atoms with E-state index in [0.29, 0.717) is 11.4 Å². The molecule has 5 nitrogen and oxygen atoms in total. The molecule has 0 fully saturated rings. The van der Waals surface area contributed by atoms with Gasteiger partial charge in [0.1, 0.15) is 0 Å². The molecule has 1 N–H and O–H groups in total. The van der Waals surface area contributed by atoms with Gasteiger partial charge in [-0.3, -0.25) is 9.20 Å². The average Bonchev–Trinajstić information content (AvgIpc) is 3.13. The lowest BCUT2D eigenvalue weighted by Crippen LogP contribution is -2.28. The first-order chi connectivity index (χ1) is 12.7. The van der Waals surface area contributed by atoms with Gasteiger partial charge in [0, 0.05) is 11.8 Å². The van der Waals surface area contributed by atoms with Gasteiger partial charge in [0.25, 0.3) is 5.91 Å². The topological polar surface area (TPSA) is 59.3 Å². The molecule has 128 valence electrons. The predicted octanol–water partition coefficient (Wildman–Crippen LogP) is 3.89. The minimum atomic E-state index is -0.274. The predicted molar refractivity (Wildman–Crippen MR) is 101 cm³/mol. The lowest BCUT2D eigenvalue weighted by molar-refractivity contribution is 0.0939. The third-order valence-electron chi connectivity index (χ3n) is 4.33. The Hall–Kier alpha value is -3.47. The van der Waals surface area contributed by atoms with Gasteiger partial charge >= 0.3 is 0 Å². The fraction of sp³-hybridized carbons (Fsp3) is 0.0952. The number of hydrogen-bond acceptors (Lipinski definition) is 3. The van der Waals surface area contributed by atoms with E-state index in [4.69, 9.17) is 0 Å². The van der Waals surface area contributed by atoms with Crippen molar-refractivity contribution in [3.8, 4) is 11.1 Å². The number of pyridine rings is 1. The standard InChI is InChI=1S/C21H18N4O/c1-15(20-24-23-19-13-7-8-14-25(19)20)22-21(26)18-12-6-5-11-17(18)16-9-3-2-4-10-16/h2-15H,1H3,(H,22,26)/t15-/m0/s1. The molecule has 0 radical (unpaired) electrons. The largest absolute Gasteiger partial charge is 0.342 e. The maximum atomic E-state index is 12.9. The number of nitrogens with one attached hydrogen (secondary N) is 1. The Labute approximate surface area is 151 Å². The zero-order valence-electron chi connectivity index (χ0n) is 14.3. The number of hydrogen-bond donors (Lipinski definition) is 1. The molecular weight excluding hydrogens is 324 g/mol. The molecule has 1 atom stereocenters. The molecule has 0 aliphatic heterocycles. The van der Waals surface area contributed by atoms with E-state index in [0.717, 1.165) is 16.8 Å². The molecule has 0 aliphatic rings. The summed E-state index contributed by atoms with van der Waals surface area (Å²) in [5, 5.41) is 11.4. The van der Waals surface area contributed by atoms with Crippen LogP contribution in [0.25, 0.3) is 16.8 Å². The third kappa shape index (κ3) is 2.95. The SMILES string of the molecule is C[C@H](NC(=O)c1ccccc1-c1ccccc1)c1nnc2ccccn12. The lowest BCUT2D eigenvalue weighted by Gasteiger charge is -2.15. The van der Waals surface area contributed by atoms with Crippen molar-refractivity contribution in [1.82, 2.24) is 19.9 Å². The summed E-state index contributed by atoms with van der Waals surface area (Å²) in [6.45, 7) is 1.91. The first kappa shape index (κ1) is 16.0. The van der Waals surface area contributed by atoms with Crippen molar-refractivity contribution in [2.45, 2.75) is 13.0 Å². The summed E-state index contributed by atoms with van der Waals surface area (Å²) >= 11 is 0. The molecule has 0 spiro atoms. The zero-order valence-corrected chi connectivity index (χ0v) is 14.3. The van der Waals surface area contributed by atoms with Crippen LogP contribution in [0.5, 0.6) is 0 Å². The van der Waals surface area contributed by atoms with E-state index in [2.05, 4.69) is 15.5 Å². The van der Waals surface area contributed by atoms with Crippen LogP contribution in [0.15, 0.2) is 79.0 Å². The molecule has 26 heavy (non-hydrogen) atoms. The monoisotopic (exact) mass is 342 g/mol. The second-order valence-electron chi connectivity index (χ2n) is 6.09. The van der Waals surface area contributed by atoms with Crippen molar-refractivity contribution < 1.29 is 4.79 Å². The first-order valence-corrected chi connectivity index (χ1v) is 8.49. The molecule has 0 unspecified atom stereocenters. The van der Waals surface area contributed by atoms with Gasteiger partial charge in [-0.15, -0.1) is 10.2 Å². The van der Waals surface area contributed by atoms with E-state index >= 15 is 0 Å². The second kappa shape index (κ2) is 6.80. The maximum Gasteiger partial charge on any atom is 0.252 e. The third-order valence-corrected chi connectivity index (χ3v) is 4.33. The summed E-state index contributed by atoms with van der Waals surface area (Å²) in [5.74, 6) is 0.566. The van der Waals surface area contributed by atoms with Crippen molar-refractivity contribution >= 4 is 11.6 Å². The van der Waals surface area contributed by atoms with E-state index in [1.54, 1.807) is 0 Å². The number of aromatic nitrogens is 3. The normalized spacial score (nSPS) is 12.0. The number of amides is 1. The van der Waals surface area contributed by atoms with Crippen LogP contribution in [0.1, 0.15) is 29.1 Å². The van der Waals surface area contributed by atoms with E-state index in [1.165, 1.54) is 0 Å². The second-order valence-corrected chi connectivity index (χ2v) is 6.09. The Morgan fingerprint density at radius 2 is 1.65 bits per heavy atom. The van der Waals surface area contributed by atoms with E-state index < -0.39 is 0 Å². The number of benzene rings is 2. The van der Waals surface area contributed by atoms with Crippen LogP contribution >= 0.6 is 0 Å². The van der Waals surface area contributed by atoms with Gasteiger partial charge < -0.3 is 5.32 Å². The van der Waals surface area contributed by atoms with Crippen molar-refractivity contribution in [2.24, 2.45) is 0 Å². The van der Waals surface area contributed by atoms with Crippen molar-refractivity contribution in [3.63, 3.8) is 0 Å². The van der Waals surface area contributed by atoms with Gasteiger partial charge in [-0.1, -0.05) is 54.6 Å². The lowest BCUT2D eigenvalue weighted by atomic mass is 9.99. The number of nitrogens with zero attached hydrogens (tertiary/aromatic N) is 3. The molecule has 0 saturated heterocycles. The Morgan fingerprint density at radius 3 is 2.50 bits per heavy atom. The molecule has 4 rings (SSSR count). The molecule has 2 aromatic heterocycles. The molecule has 0 aliphatic carbocycles. The van der Waals surface area contributed by atoms with Crippen LogP contribution < -0.4 is 5.32 Å². The Balaban J connectivity index is 1.63. The minimum absolute atomic E-state index is 0.135. The van der Waals surface area contributed by atoms with Crippen molar-refractivity contribution in [1.29, 1.82) is 0 Å². The summed E-state index contributed by atoms with van der Waals surface area (Å²) in [5.41, 5.74) is 3.32. The van der Waals surface area contributed by atoms with Gasteiger partial charge in [-0.05, 0) is 36.2 Å². The fourth-order valence-electron chi connectivity index (χ4n) is 3.04. The van der Waals surface area contributed by atoms with Gasteiger partial charge in [0.2, 0.25) is 0 Å². The Bertz CT molecular complexity index is 1060. The molecule has 1 amide bonds. The molecule has 5 heteroatoms. The highest BCUT2D eigenvalue weighted by molar-refractivity contribution is 6.01. The zero-order chi connectivity index (χ0) is 17.9. The highest BCUT2D eigenvalue weighted by atomic mass is 16.1. The highest BCUT2D eigenvalue weighted by Gasteiger charge is 2.18. The Morgan fingerprint density at radius 1 is 0.923 bits per heavy atom. The van der Waals surface area contributed by atoms with Gasteiger partial charge in [-0.25, -0.2) is 0 Å². The summed E-state index contributed by atoms with van der Waals surface area (Å²) < 4.78 is 1.88. The van der Waals surface area contributed by atoms with Crippen LogP contribution in [-0.2, 0) is 0 Å². The molecular formula is C21H18N4O. The number of rotatable bonds is 4. The van der Waals surface area contributed by atoms with Crippen LogP contribution in [0, 0.1) is 0 Å². The highest BCUT2D eigenvalue weighted by Crippen LogP contribution is 2.24. The van der Waals surface area contributed by atoms with Crippen molar-refractivity contribution in [2.75, 3.05) is 0 Å². The van der Waals surface area contributed by atoms with Gasteiger partial charge in [0.15, 0.2) is 11.5 Å². The molecule has 0 saturated carbocycles. The minimum Gasteiger partial charge on any atom is -0.342 e. The number of carbonyl (C=O) groups is 1. The summed E-state index contributed by atoms with van der Waals surface area (Å²) in [4.78, 5) is 12.9. The number of fused-ring (bicyclic) bond motifs is 1. The molecule has 4 aromatic rings. The number of carbonyl (C=O) groups excluding carboxylic acids is 1.